The molecule has 0 bridgehead atoms. The maximum absolute atomic E-state index is 12.8. The van der Waals surface area contributed by atoms with Gasteiger partial charge in [0.25, 0.3) is 5.91 Å². The maximum atomic E-state index is 12.8. The molecule has 166 valence electrons. The first-order chi connectivity index (χ1) is 15.6. The smallest absolute Gasteiger partial charge is 0.255 e. The molecule has 0 radical (unpaired) electrons. The van der Waals surface area contributed by atoms with Crippen molar-refractivity contribution < 1.29 is 14.4 Å². The molecule has 7 heteroatoms. The normalized spacial score (nSPS) is 22.2. The lowest BCUT2D eigenvalue weighted by atomic mass is 9.96. The van der Waals surface area contributed by atoms with Gasteiger partial charge in [-0.2, -0.15) is 0 Å². The SMILES string of the molecule is O=C1CCC(N2Cc3cc(CNCCC4CCc5ccccc5N4)ccc3C2=O)C(=O)N1. The molecule has 5 rings (SSSR count). The van der Waals surface area contributed by atoms with Crippen LogP contribution in [0.3, 0.4) is 0 Å². The van der Waals surface area contributed by atoms with Gasteiger partial charge in [-0.15, -0.1) is 0 Å². The summed E-state index contributed by atoms with van der Waals surface area (Å²) >= 11 is 0. The molecule has 0 spiro atoms. The quantitative estimate of drug-likeness (QED) is 0.482. The van der Waals surface area contributed by atoms with Gasteiger partial charge in [0.15, 0.2) is 0 Å². The van der Waals surface area contributed by atoms with Crippen molar-refractivity contribution in [2.45, 2.75) is 57.3 Å². The number of piperidine rings is 1. The number of fused-ring (bicyclic) bond motifs is 2. The zero-order chi connectivity index (χ0) is 22.1. The second-order valence-electron chi connectivity index (χ2n) is 8.89. The third kappa shape index (κ3) is 4.12. The molecular formula is C25H28N4O3. The second kappa shape index (κ2) is 8.74. The number of benzene rings is 2. The van der Waals surface area contributed by atoms with Gasteiger partial charge in [-0.3, -0.25) is 19.7 Å². The molecule has 2 aromatic carbocycles. The minimum atomic E-state index is -0.567. The Kier molecular flexibility index (Phi) is 5.66. The molecule has 32 heavy (non-hydrogen) atoms. The summed E-state index contributed by atoms with van der Waals surface area (Å²) in [6.45, 7) is 2.07. The molecule has 3 aliphatic heterocycles. The van der Waals surface area contributed by atoms with Crippen LogP contribution >= 0.6 is 0 Å². The standard InChI is InChI=1S/C25H28N4O3/c30-23-10-9-22(24(31)28-23)29-15-18-13-16(5-8-20(18)25(29)32)14-26-12-11-19-7-6-17-3-1-2-4-21(17)27-19/h1-5,8,13,19,22,26-27H,6-7,9-12,14-15H2,(H,28,30,31). The van der Waals surface area contributed by atoms with E-state index in [0.29, 0.717) is 24.6 Å². The Bertz CT molecular complexity index is 1070. The van der Waals surface area contributed by atoms with Crippen molar-refractivity contribution >= 4 is 23.4 Å². The number of anilines is 1. The lowest BCUT2D eigenvalue weighted by Crippen LogP contribution is -2.52. The summed E-state index contributed by atoms with van der Waals surface area (Å²) in [7, 11) is 0. The fourth-order valence-corrected chi connectivity index (χ4v) is 4.96. The number of carbonyl (C=O) groups excluding carboxylic acids is 3. The Morgan fingerprint density at radius 1 is 1.00 bits per heavy atom. The van der Waals surface area contributed by atoms with Crippen molar-refractivity contribution in [3.63, 3.8) is 0 Å². The average Bonchev–Trinajstić information content (AvgIpc) is 3.12. The van der Waals surface area contributed by atoms with Gasteiger partial charge >= 0.3 is 0 Å². The van der Waals surface area contributed by atoms with E-state index in [1.165, 1.54) is 11.3 Å². The number of carbonyl (C=O) groups is 3. The summed E-state index contributed by atoms with van der Waals surface area (Å²) in [6.07, 6.45) is 3.98. The van der Waals surface area contributed by atoms with Crippen LogP contribution in [0.1, 0.15) is 52.7 Å². The van der Waals surface area contributed by atoms with Gasteiger partial charge in [-0.25, -0.2) is 0 Å². The zero-order valence-electron chi connectivity index (χ0n) is 18.0. The Morgan fingerprint density at radius 3 is 2.75 bits per heavy atom. The highest BCUT2D eigenvalue weighted by molar-refractivity contribution is 6.05. The highest BCUT2D eigenvalue weighted by Crippen LogP contribution is 2.28. The van der Waals surface area contributed by atoms with Crippen LogP contribution in [0.25, 0.3) is 0 Å². The summed E-state index contributed by atoms with van der Waals surface area (Å²) in [5.41, 5.74) is 5.39. The lowest BCUT2D eigenvalue weighted by molar-refractivity contribution is -0.136. The molecule has 3 aliphatic rings. The molecule has 0 aliphatic carbocycles. The molecule has 3 N–H and O–H groups in total. The Balaban J connectivity index is 1.13. The molecule has 0 aromatic heterocycles. The molecule has 2 unspecified atom stereocenters. The van der Waals surface area contributed by atoms with Gasteiger partial charge in [0.1, 0.15) is 6.04 Å². The van der Waals surface area contributed by atoms with E-state index in [2.05, 4.69) is 46.3 Å². The summed E-state index contributed by atoms with van der Waals surface area (Å²) in [5.74, 6) is -0.766. The number of aryl methyl sites for hydroxylation is 1. The fourth-order valence-electron chi connectivity index (χ4n) is 4.96. The van der Waals surface area contributed by atoms with Crippen LogP contribution in [0.4, 0.5) is 5.69 Å². The fraction of sp³-hybridized carbons (Fsp3) is 0.400. The maximum Gasteiger partial charge on any atom is 0.255 e. The molecule has 1 saturated heterocycles. The largest absolute Gasteiger partial charge is 0.382 e. The number of hydrogen-bond acceptors (Lipinski definition) is 5. The molecule has 2 aromatic rings. The summed E-state index contributed by atoms with van der Waals surface area (Å²) < 4.78 is 0. The third-order valence-corrected chi connectivity index (χ3v) is 6.73. The molecule has 7 nitrogen and oxygen atoms in total. The van der Waals surface area contributed by atoms with Crippen LogP contribution in [0.15, 0.2) is 42.5 Å². The first-order valence-electron chi connectivity index (χ1n) is 11.4. The van der Waals surface area contributed by atoms with E-state index in [1.54, 1.807) is 4.90 Å². The van der Waals surface area contributed by atoms with Gasteiger partial charge < -0.3 is 15.5 Å². The van der Waals surface area contributed by atoms with E-state index in [9.17, 15) is 14.4 Å². The zero-order valence-corrected chi connectivity index (χ0v) is 18.0. The summed E-state index contributed by atoms with van der Waals surface area (Å²) in [6, 6.07) is 14.3. The number of rotatable bonds is 6. The highest BCUT2D eigenvalue weighted by atomic mass is 16.2. The number of hydrogen-bond donors (Lipinski definition) is 3. The summed E-state index contributed by atoms with van der Waals surface area (Å²) in [4.78, 5) is 38.0. The van der Waals surface area contributed by atoms with Gasteiger partial charge in [-0.05, 0) is 61.1 Å². The minimum Gasteiger partial charge on any atom is -0.382 e. The Morgan fingerprint density at radius 2 is 1.88 bits per heavy atom. The van der Waals surface area contributed by atoms with Gasteiger partial charge in [0.05, 0.1) is 0 Å². The van der Waals surface area contributed by atoms with Crippen molar-refractivity contribution in [2.24, 2.45) is 0 Å². The van der Waals surface area contributed by atoms with Gasteiger partial charge in [0, 0.05) is 36.8 Å². The molecule has 1 fully saturated rings. The van der Waals surface area contributed by atoms with Crippen molar-refractivity contribution in [3.05, 3.63) is 64.7 Å². The first kappa shape index (κ1) is 20.7. The van der Waals surface area contributed by atoms with Gasteiger partial charge in [-0.1, -0.05) is 30.3 Å². The molecule has 3 amide bonds. The number of para-hydroxylation sites is 1. The predicted molar refractivity (Wildman–Crippen MR) is 121 cm³/mol. The number of imide groups is 1. The van der Waals surface area contributed by atoms with Crippen molar-refractivity contribution in [1.82, 2.24) is 15.5 Å². The second-order valence-corrected chi connectivity index (χ2v) is 8.89. The first-order valence-corrected chi connectivity index (χ1v) is 11.4. The average molecular weight is 433 g/mol. The summed E-state index contributed by atoms with van der Waals surface area (Å²) in [5, 5.41) is 9.51. The molecule has 2 atom stereocenters. The van der Waals surface area contributed by atoms with Crippen molar-refractivity contribution in [1.29, 1.82) is 0 Å². The van der Waals surface area contributed by atoms with E-state index in [4.69, 9.17) is 0 Å². The topological polar surface area (TPSA) is 90.5 Å². The van der Waals surface area contributed by atoms with E-state index >= 15 is 0 Å². The van der Waals surface area contributed by atoms with Gasteiger partial charge in [0.2, 0.25) is 11.8 Å². The van der Waals surface area contributed by atoms with Crippen LogP contribution in [0.5, 0.6) is 0 Å². The van der Waals surface area contributed by atoms with Crippen LogP contribution in [-0.2, 0) is 29.1 Å². The third-order valence-electron chi connectivity index (χ3n) is 6.73. The number of amides is 3. The van der Waals surface area contributed by atoms with E-state index in [1.807, 2.05) is 12.1 Å². The van der Waals surface area contributed by atoms with Crippen LogP contribution in [-0.4, -0.2) is 41.2 Å². The Hall–Kier alpha value is -3.19. The van der Waals surface area contributed by atoms with E-state index in [0.717, 1.165) is 43.5 Å². The Labute approximate surface area is 187 Å². The number of nitrogens with one attached hydrogen (secondary N) is 3. The minimum absolute atomic E-state index is 0.127. The van der Waals surface area contributed by atoms with E-state index < -0.39 is 6.04 Å². The molecular weight excluding hydrogens is 404 g/mol. The molecule has 3 heterocycles. The van der Waals surface area contributed by atoms with Crippen LogP contribution in [0, 0.1) is 0 Å². The monoisotopic (exact) mass is 432 g/mol. The lowest BCUT2D eigenvalue weighted by Gasteiger charge is -2.29. The van der Waals surface area contributed by atoms with Crippen molar-refractivity contribution in [3.8, 4) is 0 Å². The molecule has 0 saturated carbocycles. The number of nitrogens with zero attached hydrogens (tertiary/aromatic N) is 1. The van der Waals surface area contributed by atoms with Crippen LogP contribution < -0.4 is 16.0 Å². The highest BCUT2D eigenvalue weighted by Gasteiger charge is 2.39. The van der Waals surface area contributed by atoms with Crippen LogP contribution in [0.2, 0.25) is 0 Å². The van der Waals surface area contributed by atoms with E-state index in [-0.39, 0.29) is 24.1 Å². The van der Waals surface area contributed by atoms with Crippen molar-refractivity contribution in [2.75, 3.05) is 11.9 Å². The predicted octanol–water partition coefficient (Wildman–Crippen LogP) is 2.35.